The Morgan fingerprint density at radius 3 is 2.62 bits per heavy atom. The van der Waals surface area contributed by atoms with Crippen molar-refractivity contribution >= 4 is 38.9 Å². The number of nitrogens with two attached hydrogens (primary N) is 1. The molecule has 0 aliphatic rings. The highest BCUT2D eigenvalue weighted by Gasteiger charge is 2.19. The van der Waals surface area contributed by atoms with Gasteiger partial charge in [0.15, 0.2) is 16.5 Å². The number of carbonyl (C=O) groups is 1. The molecule has 0 radical (unpaired) electrons. The molecule has 3 rings (SSSR count). The minimum atomic E-state index is -2.85. The number of amides is 1. The number of alkyl halides is 2. The van der Waals surface area contributed by atoms with Gasteiger partial charge in [-0.3, -0.25) is 4.79 Å². The van der Waals surface area contributed by atoms with Crippen LogP contribution >= 0.6 is 15.9 Å². The number of benzene rings is 3. The lowest BCUT2D eigenvalue weighted by Crippen LogP contribution is -2.17. The van der Waals surface area contributed by atoms with Gasteiger partial charge in [-0.15, -0.1) is 5.14 Å². The number of rotatable bonds is 7. The zero-order valence-electron chi connectivity index (χ0n) is 17.6. The molecule has 3 N–H and O–H groups in total. The van der Waals surface area contributed by atoms with E-state index >= 15 is 4.39 Å². The van der Waals surface area contributed by atoms with E-state index in [0.29, 0.717) is 16.1 Å². The molecule has 0 aliphatic heterocycles. The first kappa shape index (κ1) is 25.6. The van der Waals surface area contributed by atoms with Crippen LogP contribution in [0.15, 0.2) is 57.9 Å². The Hall–Kier alpha value is -3.04. The lowest BCUT2D eigenvalue weighted by Gasteiger charge is -2.14. The quantitative estimate of drug-likeness (QED) is 0.368. The number of nitriles is 1. The Morgan fingerprint density at radius 2 is 2.00 bits per heavy atom. The molecule has 0 aromatic heterocycles. The van der Waals surface area contributed by atoms with Gasteiger partial charge in [-0.2, -0.15) is 5.26 Å². The van der Waals surface area contributed by atoms with Crippen LogP contribution in [0.4, 0.5) is 18.9 Å². The van der Waals surface area contributed by atoms with Gasteiger partial charge in [0.25, 0.3) is 6.43 Å². The second-order valence-corrected chi connectivity index (χ2v) is 9.07. The summed E-state index contributed by atoms with van der Waals surface area (Å²) >= 11 is 1.49. The van der Waals surface area contributed by atoms with Crippen LogP contribution in [0, 0.1) is 24.1 Å². The third kappa shape index (κ3) is 6.09. The summed E-state index contributed by atoms with van der Waals surface area (Å²) in [6.07, 6.45) is -3.19. The van der Waals surface area contributed by atoms with Crippen molar-refractivity contribution in [1.29, 1.82) is 5.26 Å². The van der Waals surface area contributed by atoms with Crippen molar-refractivity contribution in [2.45, 2.75) is 24.7 Å². The molecule has 1 amide bonds. The molecule has 3 aromatic carbocycles. The normalized spacial score (nSPS) is 11.7. The average Bonchev–Trinajstić information content (AvgIpc) is 2.79. The maximum Gasteiger partial charge on any atom is 0.264 e. The fourth-order valence-corrected chi connectivity index (χ4v) is 3.94. The van der Waals surface area contributed by atoms with E-state index < -0.39 is 35.1 Å². The molecule has 1 unspecified atom stereocenters. The van der Waals surface area contributed by atoms with Crippen LogP contribution in [0.5, 0.6) is 11.5 Å². The van der Waals surface area contributed by atoms with Crippen molar-refractivity contribution in [2.24, 2.45) is 5.14 Å². The fourth-order valence-electron chi connectivity index (χ4n) is 3.06. The Labute approximate surface area is 205 Å². The van der Waals surface area contributed by atoms with Crippen LogP contribution < -0.4 is 15.2 Å². The van der Waals surface area contributed by atoms with Gasteiger partial charge in [0.1, 0.15) is 5.75 Å². The number of aryl methyl sites for hydroxylation is 1. The van der Waals surface area contributed by atoms with E-state index in [-0.39, 0.29) is 33.5 Å². The summed E-state index contributed by atoms with van der Waals surface area (Å²) < 4.78 is 58.5. The average molecular weight is 552 g/mol. The summed E-state index contributed by atoms with van der Waals surface area (Å²) in [5.74, 6) is -1.85. The zero-order valence-corrected chi connectivity index (χ0v) is 20.0. The topological polar surface area (TPSA) is 111 Å². The van der Waals surface area contributed by atoms with Gasteiger partial charge in [-0.25, -0.2) is 13.2 Å². The van der Waals surface area contributed by atoms with Crippen LogP contribution in [0.3, 0.4) is 0 Å². The van der Waals surface area contributed by atoms with Crippen LogP contribution in [0.1, 0.15) is 28.7 Å². The largest absolute Gasteiger partial charge is 0.593 e. The summed E-state index contributed by atoms with van der Waals surface area (Å²) in [5, 5.41) is 17.1. The predicted molar refractivity (Wildman–Crippen MR) is 124 cm³/mol. The highest BCUT2D eigenvalue weighted by atomic mass is 79.9. The molecule has 34 heavy (non-hydrogen) atoms. The standard InChI is InChI=1S/C23H17BrF3N3O3S/c1-12-6-17(34(29)32)3-5-19(12)30-20(31)10-14-2-4-18(24)22(21(14)25)33-16-8-13(11-28)7-15(9-16)23(26)27/h2-9,23H,10,29H2,1H3,(H,30,31). The van der Waals surface area contributed by atoms with Gasteiger partial charge in [0.05, 0.1) is 33.9 Å². The maximum absolute atomic E-state index is 15.2. The summed E-state index contributed by atoms with van der Waals surface area (Å²) in [6.45, 7) is 1.70. The summed E-state index contributed by atoms with van der Waals surface area (Å²) in [5.41, 5.74) is 0.553. The first-order valence-electron chi connectivity index (χ1n) is 9.63. The molecule has 6 nitrogen and oxygen atoms in total. The lowest BCUT2D eigenvalue weighted by molar-refractivity contribution is -0.115. The number of anilines is 1. The third-order valence-electron chi connectivity index (χ3n) is 4.71. The predicted octanol–water partition coefficient (Wildman–Crippen LogP) is 5.66. The van der Waals surface area contributed by atoms with E-state index in [1.165, 1.54) is 24.3 Å². The summed E-state index contributed by atoms with van der Waals surface area (Å²) in [4.78, 5) is 12.9. The molecule has 0 aliphatic carbocycles. The molecule has 0 fully saturated rings. The molecular weight excluding hydrogens is 535 g/mol. The minimum Gasteiger partial charge on any atom is -0.593 e. The van der Waals surface area contributed by atoms with E-state index in [1.54, 1.807) is 25.1 Å². The van der Waals surface area contributed by atoms with Crippen molar-refractivity contribution in [3.63, 3.8) is 0 Å². The monoisotopic (exact) mass is 551 g/mol. The lowest BCUT2D eigenvalue weighted by atomic mass is 10.1. The van der Waals surface area contributed by atoms with Crippen molar-refractivity contribution in [1.82, 2.24) is 0 Å². The molecule has 0 saturated heterocycles. The molecule has 0 heterocycles. The number of carbonyl (C=O) groups excluding carboxylic acids is 1. The van der Waals surface area contributed by atoms with Crippen molar-refractivity contribution in [3.05, 3.63) is 81.1 Å². The number of halogens is 4. The van der Waals surface area contributed by atoms with Crippen molar-refractivity contribution in [3.8, 4) is 17.6 Å². The highest BCUT2D eigenvalue weighted by molar-refractivity contribution is 9.10. The van der Waals surface area contributed by atoms with Gasteiger partial charge in [0.2, 0.25) is 5.91 Å². The maximum atomic E-state index is 15.2. The molecule has 0 saturated carbocycles. The molecule has 3 aromatic rings. The van der Waals surface area contributed by atoms with Crippen LogP contribution in [-0.4, -0.2) is 10.5 Å². The third-order valence-corrected chi connectivity index (χ3v) is 6.06. The van der Waals surface area contributed by atoms with E-state index in [2.05, 4.69) is 21.2 Å². The van der Waals surface area contributed by atoms with Gasteiger partial charge >= 0.3 is 0 Å². The number of nitrogens with one attached hydrogen (secondary N) is 1. The molecule has 1 atom stereocenters. The van der Waals surface area contributed by atoms with Crippen LogP contribution in [0.25, 0.3) is 0 Å². The SMILES string of the molecule is Cc1cc([S+](N)[O-])ccc1NC(=O)Cc1ccc(Br)c(Oc2cc(C#N)cc(C(F)F)c2)c1F. The van der Waals surface area contributed by atoms with Gasteiger partial charge in [-0.05, 0) is 64.8 Å². The minimum absolute atomic E-state index is 0.00134. The van der Waals surface area contributed by atoms with Gasteiger partial charge in [0, 0.05) is 22.9 Å². The van der Waals surface area contributed by atoms with E-state index in [0.717, 1.165) is 12.1 Å². The highest BCUT2D eigenvalue weighted by Crippen LogP contribution is 2.36. The number of hydrogen-bond donors (Lipinski definition) is 2. The molecule has 0 spiro atoms. The van der Waals surface area contributed by atoms with Gasteiger partial charge in [-0.1, -0.05) is 6.07 Å². The Morgan fingerprint density at radius 1 is 1.26 bits per heavy atom. The Bertz CT molecular complexity index is 1280. The van der Waals surface area contributed by atoms with E-state index in [1.807, 2.05) is 0 Å². The molecule has 0 bridgehead atoms. The van der Waals surface area contributed by atoms with Crippen LogP contribution in [0.2, 0.25) is 0 Å². The first-order valence-corrected chi connectivity index (χ1v) is 11.6. The van der Waals surface area contributed by atoms with E-state index in [4.69, 9.17) is 15.1 Å². The van der Waals surface area contributed by atoms with Crippen molar-refractivity contribution < 1.29 is 27.3 Å². The second kappa shape index (κ2) is 10.9. The van der Waals surface area contributed by atoms with Gasteiger partial charge < -0.3 is 14.6 Å². The summed E-state index contributed by atoms with van der Waals surface area (Å²) in [6, 6.07) is 12.5. The summed E-state index contributed by atoms with van der Waals surface area (Å²) in [7, 11) is 0. The number of hydrogen-bond acceptors (Lipinski definition) is 5. The first-order chi connectivity index (χ1) is 16.1. The Kier molecular flexibility index (Phi) is 8.22. The van der Waals surface area contributed by atoms with Crippen LogP contribution in [-0.2, 0) is 22.6 Å². The molecule has 176 valence electrons. The smallest absolute Gasteiger partial charge is 0.264 e. The second-order valence-electron chi connectivity index (χ2n) is 7.15. The fraction of sp³-hybridized carbons (Fsp3) is 0.130. The van der Waals surface area contributed by atoms with Crippen molar-refractivity contribution in [2.75, 3.05) is 5.32 Å². The zero-order chi connectivity index (χ0) is 25.0. The van der Waals surface area contributed by atoms with E-state index in [9.17, 15) is 18.1 Å². The molecular formula is C23H17BrF3N3O3S. The number of ether oxygens (including phenoxy) is 1. The molecule has 11 heteroatoms. The number of nitrogens with zero attached hydrogens (tertiary/aromatic N) is 1. The Balaban J connectivity index is 1.83.